The Morgan fingerprint density at radius 1 is 1.31 bits per heavy atom. The van der Waals surface area contributed by atoms with Gasteiger partial charge in [0, 0.05) is 6.04 Å². The third kappa shape index (κ3) is 3.53. The summed E-state index contributed by atoms with van der Waals surface area (Å²) >= 11 is 0. The molecule has 2 nitrogen and oxygen atoms in total. The highest BCUT2D eigenvalue weighted by atomic mass is 16.5. The molecule has 0 aromatic heterocycles. The fourth-order valence-corrected chi connectivity index (χ4v) is 1.44. The lowest BCUT2D eigenvalue weighted by Gasteiger charge is -2.25. The molecule has 1 aromatic carbocycles. The number of hydrogen-bond donors (Lipinski definition) is 1. The average Bonchev–Trinajstić information content (AvgIpc) is 2.28. The lowest BCUT2D eigenvalue weighted by Crippen LogP contribution is -2.26. The summed E-state index contributed by atoms with van der Waals surface area (Å²) in [5, 5.41) is 0. The van der Waals surface area contributed by atoms with E-state index >= 15 is 0 Å². The lowest BCUT2D eigenvalue weighted by atomic mass is 10.0. The van der Waals surface area contributed by atoms with Crippen LogP contribution in [0.25, 0.3) is 0 Å². The van der Waals surface area contributed by atoms with E-state index in [1.54, 1.807) is 0 Å². The summed E-state index contributed by atoms with van der Waals surface area (Å²) in [4.78, 5) is 0. The van der Waals surface area contributed by atoms with Crippen molar-refractivity contribution in [2.75, 3.05) is 0 Å². The van der Waals surface area contributed by atoms with E-state index in [2.05, 4.69) is 33.8 Å². The summed E-state index contributed by atoms with van der Waals surface area (Å²) < 4.78 is 5.93. The quantitative estimate of drug-likeness (QED) is 0.823. The summed E-state index contributed by atoms with van der Waals surface area (Å²) in [6, 6.07) is 8.20. The van der Waals surface area contributed by atoms with Gasteiger partial charge in [-0.2, -0.15) is 0 Å². The predicted octanol–water partition coefficient (Wildman–Crippen LogP) is 3.66. The Balaban J connectivity index is 2.82. The monoisotopic (exact) mass is 221 g/mol. The minimum Gasteiger partial charge on any atom is -0.488 e. The van der Waals surface area contributed by atoms with Gasteiger partial charge in [0.25, 0.3) is 0 Å². The van der Waals surface area contributed by atoms with Gasteiger partial charge in [0.2, 0.25) is 0 Å². The van der Waals surface area contributed by atoms with Gasteiger partial charge < -0.3 is 10.5 Å². The molecule has 1 atom stereocenters. The van der Waals surface area contributed by atoms with E-state index in [0.29, 0.717) is 0 Å². The molecule has 1 rings (SSSR count). The smallest absolute Gasteiger partial charge is 0.120 e. The molecule has 0 saturated carbocycles. The van der Waals surface area contributed by atoms with E-state index in [-0.39, 0.29) is 11.6 Å². The van der Waals surface area contributed by atoms with Crippen LogP contribution in [0.15, 0.2) is 24.3 Å². The molecule has 16 heavy (non-hydrogen) atoms. The fourth-order valence-electron chi connectivity index (χ4n) is 1.44. The van der Waals surface area contributed by atoms with Crippen molar-refractivity contribution in [3.05, 3.63) is 29.8 Å². The third-order valence-electron chi connectivity index (χ3n) is 2.97. The van der Waals surface area contributed by atoms with Crippen molar-refractivity contribution in [2.45, 2.75) is 52.2 Å². The second-order valence-corrected chi connectivity index (χ2v) is 4.80. The van der Waals surface area contributed by atoms with Crippen LogP contribution >= 0.6 is 0 Å². The molecule has 0 saturated heterocycles. The highest BCUT2D eigenvalue weighted by Gasteiger charge is 2.17. The standard InChI is InChI=1S/C14H23NO/c1-5-13(15)11-8-7-9-12(10-11)16-14(3,4)6-2/h7-10,13H,5-6,15H2,1-4H3. The Labute approximate surface area is 98.8 Å². The van der Waals surface area contributed by atoms with Gasteiger partial charge in [-0.05, 0) is 44.4 Å². The van der Waals surface area contributed by atoms with Crippen LogP contribution in [0.3, 0.4) is 0 Å². The van der Waals surface area contributed by atoms with E-state index in [0.717, 1.165) is 24.2 Å². The van der Waals surface area contributed by atoms with E-state index in [1.807, 2.05) is 18.2 Å². The zero-order valence-electron chi connectivity index (χ0n) is 10.8. The molecular formula is C14H23NO. The van der Waals surface area contributed by atoms with Gasteiger partial charge in [0.1, 0.15) is 11.4 Å². The predicted molar refractivity (Wildman–Crippen MR) is 68.7 cm³/mol. The normalized spacial score (nSPS) is 13.6. The van der Waals surface area contributed by atoms with Crippen LogP contribution in [-0.4, -0.2) is 5.60 Å². The summed E-state index contributed by atoms with van der Waals surface area (Å²) in [5.74, 6) is 0.910. The van der Waals surface area contributed by atoms with Crippen molar-refractivity contribution in [3.63, 3.8) is 0 Å². The first-order valence-electron chi connectivity index (χ1n) is 6.03. The van der Waals surface area contributed by atoms with Crippen molar-refractivity contribution < 1.29 is 4.74 Å². The second kappa shape index (κ2) is 5.35. The van der Waals surface area contributed by atoms with E-state index in [1.165, 1.54) is 0 Å². The first-order valence-corrected chi connectivity index (χ1v) is 6.03. The maximum Gasteiger partial charge on any atom is 0.120 e. The molecule has 0 radical (unpaired) electrons. The molecule has 0 bridgehead atoms. The van der Waals surface area contributed by atoms with Crippen LogP contribution in [0.1, 0.15) is 52.1 Å². The first kappa shape index (κ1) is 13.0. The van der Waals surface area contributed by atoms with Gasteiger partial charge in [0.15, 0.2) is 0 Å². The molecule has 0 amide bonds. The summed E-state index contributed by atoms with van der Waals surface area (Å²) in [5.41, 5.74) is 7.03. The lowest BCUT2D eigenvalue weighted by molar-refractivity contribution is 0.105. The van der Waals surface area contributed by atoms with Crippen molar-refractivity contribution in [1.29, 1.82) is 0 Å². The Kier molecular flexibility index (Phi) is 4.36. The zero-order valence-corrected chi connectivity index (χ0v) is 10.8. The molecule has 0 fully saturated rings. The molecule has 0 aliphatic rings. The fraction of sp³-hybridized carbons (Fsp3) is 0.571. The summed E-state index contributed by atoms with van der Waals surface area (Å²) in [6.07, 6.45) is 1.93. The molecule has 0 aliphatic carbocycles. The van der Waals surface area contributed by atoms with Gasteiger partial charge in [-0.3, -0.25) is 0 Å². The average molecular weight is 221 g/mol. The van der Waals surface area contributed by atoms with Crippen molar-refractivity contribution in [2.24, 2.45) is 5.73 Å². The largest absolute Gasteiger partial charge is 0.488 e. The number of nitrogens with two attached hydrogens (primary N) is 1. The van der Waals surface area contributed by atoms with Crippen LogP contribution < -0.4 is 10.5 Å². The number of ether oxygens (including phenoxy) is 1. The number of benzene rings is 1. The van der Waals surface area contributed by atoms with Gasteiger partial charge in [-0.1, -0.05) is 26.0 Å². The van der Waals surface area contributed by atoms with Crippen LogP contribution in [-0.2, 0) is 0 Å². The maximum absolute atomic E-state index is 6.00. The zero-order chi connectivity index (χ0) is 12.2. The minimum atomic E-state index is -0.116. The van der Waals surface area contributed by atoms with Crippen LogP contribution in [0.4, 0.5) is 0 Å². The Bertz CT molecular complexity index is 333. The highest BCUT2D eigenvalue weighted by Crippen LogP contribution is 2.24. The SMILES string of the molecule is CCC(N)c1cccc(OC(C)(C)CC)c1. The van der Waals surface area contributed by atoms with E-state index in [4.69, 9.17) is 10.5 Å². The Morgan fingerprint density at radius 3 is 2.56 bits per heavy atom. The number of hydrogen-bond acceptors (Lipinski definition) is 2. The maximum atomic E-state index is 6.00. The van der Waals surface area contributed by atoms with Gasteiger partial charge in [-0.15, -0.1) is 0 Å². The number of rotatable bonds is 5. The summed E-state index contributed by atoms with van der Waals surface area (Å²) in [7, 11) is 0. The first-order chi connectivity index (χ1) is 7.48. The van der Waals surface area contributed by atoms with Crippen LogP contribution in [0.2, 0.25) is 0 Å². The molecule has 90 valence electrons. The second-order valence-electron chi connectivity index (χ2n) is 4.80. The minimum absolute atomic E-state index is 0.105. The summed E-state index contributed by atoms with van der Waals surface area (Å²) in [6.45, 7) is 8.41. The molecular weight excluding hydrogens is 198 g/mol. The van der Waals surface area contributed by atoms with Gasteiger partial charge in [-0.25, -0.2) is 0 Å². The molecule has 2 N–H and O–H groups in total. The molecule has 0 spiro atoms. The topological polar surface area (TPSA) is 35.2 Å². The molecule has 0 aliphatic heterocycles. The van der Waals surface area contributed by atoms with Crippen molar-refractivity contribution in [1.82, 2.24) is 0 Å². The van der Waals surface area contributed by atoms with Gasteiger partial charge in [0.05, 0.1) is 0 Å². The van der Waals surface area contributed by atoms with E-state index in [9.17, 15) is 0 Å². The molecule has 1 aromatic rings. The van der Waals surface area contributed by atoms with Crippen molar-refractivity contribution >= 4 is 0 Å². The van der Waals surface area contributed by atoms with Crippen LogP contribution in [0, 0.1) is 0 Å². The molecule has 1 unspecified atom stereocenters. The van der Waals surface area contributed by atoms with Gasteiger partial charge >= 0.3 is 0 Å². The van der Waals surface area contributed by atoms with Crippen LogP contribution in [0.5, 0.6) is 5.75 Å². The van der Waals surface area contributed by atoms with Crippen molar-refractivity contribution in [3.8, 4) is 5.75 Å². The molecule has 2 heteroatoms. The van der Waals surface area contributed by atoms with E-state index < -0.39 is 0 Å². The Morgan fingerprint density at radius 2 is 2.00 bits per heavy atom. The Hall–Kier alpha value is -1.02. The third-order valence-corrected chi connectivity index (χ3v) is 2.97. The highest BCUT2D eigenvalue weighted by molar-refractivity contribution is 5.30. The molecule has 0 heterocycles.